The first-order chi connectivity index (χ1) is 5.87. The molecule has 1 aliphatic rings. The minimum atomic E-state index is 0.00331. The minimum absolute atomic E-state index is 0.00331. The van der Waals surface area contributed by atoms with Gasteiger partial charge in [-0.15, -0.1) is 0 Å². The topological polar surface area (TPSA) is 35.2 Å². The Kier molecular flexibility index (Phi) is 3.31. The van der Waals surface area contributed by atoms with Gasteiger partial charge in [0.1, 0.15) is 0 Å². The molecule has 2 nitrogen and oxygen atoms in total. The van der Waals surface area contributed by atoms with E-state index >= 15 is 0 Å². The molecule has 1 saturated heterocycles. The Morgan fingerprint density at radius 3 is 2.38 bits per heavy atom. The molecule has 0 aromatic rings. The molecule has 13 heavy (non-hydrogen) atoms. The van der Waals surface area contributed by atoms with Crippen LogP contribution in [-0.2, 0) is 4.74 Å². The maximum Gasteiger partial charge on any atom is 0.0752 e. The van der Waals surface area contributed by atoms with Crippen LogP contribution in [0.1, 0.15) is 34.1 Å². The molecule has 0 spiro atoms. The van der Waals surface area contributed by atoms with Crippen LogP contribution in [0, 0.1) is 0 Å². The van der Waals surface area contributed by atoms with Crippen molar-refractivity contribution in [2.75, 3.05) is 12.3 Å². The molecule has 1 aliphatic heterocycles. The van der Waals surface area contributed by atoms with Gasteiger partial charge in [-0.05, 0) is 34.1 Å². The number of thioether (sulfide) groups is 1. The third-order valence-corrected chi connectivity index (χ3v) is 4.04. The largest absolute Gasteiger partial charge is 0.369 e. The molecule has 0 radical (unpaired) electrons. The van der Waals surface area contributed by atoms with E-state index in [0.29, 0.717) is 5.25 Å². The molecule has 1 atom stereocenters. The fourth-order valence-electron chi connectivity index (χ4n) is 1.98. The average Bonchev–Trinajstić information content (AvgIpc) is 2.14. The van der Waals surface area contributed by atoms with Gasteiger partial charge in [0, 0.05) is 17.5 Å². The lowest BCUT2D eigenvalue weighted by Crippen LogP contribution is -2.31. The molecule has 0 aliphatic carbocycles. The van der Waals surface area contributed by atoms with Crippen molar-refractivity contribution in [3.8, 4) is 0 Å². The molecule has 2 N–H and O–H groups in total. The van der Waals surface area contributed by atoms with Crippen LogP contribution in [0.4, 0.5) is 0 Å². The van der Waals surface area contributed by atoms with Crippen molar-refractivity contribution in [2.45, 2.75) is 50.6 Å². The Hall–Kier alpha value is 0.270. The van der Waals surface area contributed by atoms with Crippen molar-refractivity contribution in [1.29, 1.82) is 0 Å². The summed E-state index contributed by atoms with van der Waals surface area (Å²) in [4.78, 5) is 0. The Bertz CT molecular complexity index is 180. The first-order valence-electron chi connectivity index (χ1n) is 4.89. The zero-order chi connectivity index (χ0) is 10.1. The predicted octanol–water partition coefficient (Wildman–Crippen LogP) is 2.02. The predicted molar refractivity (Wildman–Crippen MR) is 59.2 cm³/mol. The summed E-state index contributed by atoms with van der Waals surface area (Å²) in [5.41, 5.74) is 5.54. The fraction of sp³-hybridized carbons (Fsp3) is 1.00. The monoisotopic (exact) mass is 203 g/mol. The van der Waals surface area contributed by atoms with Crippen LogP contribution in [0.15, 0.2) is 0 Å². The fourth-order valence-corrected chi connectivity index (χ4v) is 3.37. The van der Waals surface area contributed by atoms with Crippen LogP contribution in [0.2, 0.25) is 0 Å². The maximum atomic E-state index is 5.98. The van der Waals surface area contributed by atoms with Crippen molar-refractivity contribution in [1.82, 2.24) is 0 Å². The van der Waals surface area contributed by atoms with E-state index in [1.165, 1.54) is 0 Å². The van der Waals surface area contributed by atoms with E-state index < -0.39 is 0 Å². The van der Waals surface area contributed by atoms with E-state index in [2.05, 4.69) is 27.7 Å². The smallest absolute Gasteiger partial charge is 0.0752 e. The van der Waals surface area contributed by atoms with Gasteiger partial charge in [0.05, 0.1) is 11.2 Å². The normalized spacial score (nSPS) is 30.7. The second-order valence-electron chi connectivity index (χ2n) is 4.82. The van der Waals surface area contributed by atoms with Crippen LogP contribution in [0.3, 0.4) is 0 Å². The summed E-state index contributed by atoms with van der Waals surface area (Å²) in [7, 11) is 0. The lowest BCUT2D eigenvalue weighted by atomic mass is 10.0. The Labute approximate surface area is 85.6 Å². The second kappa shape index (κ2) is 3.79. The van der Waals surface area contributed by atoms with Crippen molar-refractivity contribution >= 4 is 11.8 Å². The van der Waals surface area contributed by atoms with Crippen molar-refractivity contribution < 1.29 is 4.74 Å². The molecule has 1 unspecified atom stereocenters. The van der Waals surface area contributed by atoms with E-state index in [1.807, 2.05) is 11.8 Å². The SMILES string of the molecule is CC1(C)CC(SCCN)C(C)(C)O1. The lowest BCUT2D eigenvalue weighted by molar-refractivity contribution is -0.0631. The Morgan fingerprint density at radius 2 is 2.00 bits per heavy atom. The highest BCUT2D eigenvalue weighted by Crippen LogP contribution is 2.43. The summed E-state index contributed by atoms with van der Waals surface area (Å²) >= 11 is 1.94. The summed E-state index contributed by atoms with van der Waals surface area (Å²) in [5.74, 6) is 1.04. The summed E-state index contributed by atoms with van der Waals surface area (Å²) in [6.45, 7) is 9.44. The molecular weight excluding hydrogens is 182 g/mol. The molecule has 78 valence electrons. The summed E-state index contributed by atoms with van der Waals surface area (Å²) in [6, 6.07) is 0. The maximum absolute atomic E-state index is 5.98. The van der Waals surface area contributed by atoms with Crippen LogP contribution < -0.4 is 5.73 Å². The molecule has 0 aromatic carbocycles. The van der Waals surface area contributed by atoms with Gasteiger partial charge in [-0.1, -0.05) is 0 Å². The lowest BCUT2D eigenvalue weighted by Gasteiger charge is -2.26. The number of rotatable bonds is 3. The van der Waals surface area contributed by atoms with Gasteiger partial charge in [-0.25, -0.2) is 0 Å². The second-order valence-corrected chi connectivity index (χ2v) is 6.13. The van der Waals surface area contributed by atoms with Gasteiger partial charge >= 0.3 is 0 Å². The van der Waals surface area contributed by atoms with Gasteiger partial charge in [-0.2, -0.15) is 11.8 Å². The zero-order valence-electron chi connectivity index (χ0n) is 9.09. The summed E-state index contributed by atoms with van der Waals surface area (Å²) < 4.78 is 5.98. The number of nitrogens with two attached hydrogens (primary N) is 1. The summed E-state index contributed by atoms with van der Waals surface area (Å²) in [6.07, 6.45) is 1.13. The van der Waals surface area contributed by atoms with E-state index in [-0.39, 0.29) is 11.2 Å². The van der Waals surface area contributed by atoms with Gasteiger partial charge < -0.3 is 10.5 Å². The van der Waals surface area contributed by atoms with Crippen molar-refractivity contribution in [3.05, 3.63) is 0 Å². The third kappa shape index (κ3) is 2.86. The van der Waals surface area contributed by atoms with Crippen molar-refractivity contribution in [3.63, 3.8) is 0 Å². The minimum Gasteiger partial charge on any atom is -0.369 e. The highest BCUT2D eigenvalue weighted by Gasteiger charge is 2.45. The van der Waals surface area contributed by atoms with Crippen LogP contribution >= 0.6 is 11.8 Å². The van der Waals surface area contributed by atoms with E-state index in [9.17, 15) is 0 Å². The number of hydrogen-bond acceptors (Lipinski definition) is 3. The van der Waals surface area contributed by atoms with Gasteiger partial charge in [0.25, 0.3) is 0 Å². The van der Waals surface area contributed by atoms with Gasteiger partial charge in [0.2, 0.25) is 0 Å². The zero-order valence-corrected chi connectivity index (χ0v) is 9.91. The standard InChI is InChI=1S/C10H21NOS/c1-9(2)7-8(13-6-5-11)10(3,4)12-9/h8H,5-7,11H2,1-4H3. The average molecular weight is 203 g/mol. The molecular formula is C10H21NOS. The molecule has 1 fully saturated rings. The van der Waals surface area contributed by atoms with Crippen molar-refractivity contribution in [2.24, 2.45) is 5.73 Å². The molecule has 0 saturated carbocycles. The van der Waals surface area contributed by atoms with Gasteiger partial charge in [0.15, 0.2) is 0 Å². The Balaban J connectivity index is 2.54. The van der Waals surface area contributed by atoms with Gasteiger partial charge in [-0.3, -0.25) is 0 Å². The highest BCUT2D eigenvalue weighted by atomic mass is 32.2. The van der Waals surface area contributed by atoms with E-state index in [1.54, 1.807) is 0 Å². The Morgan fingerprint density at radius 1 is 1.38 bits per heavy atom. The van der Waals surface area contributed by atoms with Crippen LogP contribution in [0.25, 0.3) is 0 Å². The molecule has 0 bridgehead atoms. The molecule has 1 heterocycles. The number of ether oxygens (including phenoxy) is 1. The summed E-state index contributed by atoms with van der Waals surface area (Å²) in [5, 5.41) is 0.589. The first-order valence-corrected chi connectivity index (χ1v) is 5.94. The quantitative estimate of drug-likeness (QED) is 0.762. The molecule has 0 aromatic heterocycles. The number of hydrogen-bond donors (Lipinski definition) is 1. The van der Waals surface area contributed by atoms with E-state index in [0.717, 1.165) is 18.7 Å². The van der Waals surface area contributed by atoms with Crippen LogP contribution in [-0.4, -0.2) is 28.7 Å². The molecule has 3 heteroatoms. The molecule has 0 amide bonds. The first kappa shape index (κ1) is 11.3. The molecule has 1 rings (SSSR count). The third-order valence-electron chi connectivity index (χ3n) is 2.43. The van der Waals surface area contributed by atoms with Crippen LogP contribution in [0.5, 0.6) is 0 Å². The highest BCUT2D eigenvalue weighted by molar-refractivity contribution is 8.00. The van der Waals surface area contributed by atoms with E-state index in [4.69, 9.17) is 10.5 Å².